The van der Waals surface area contributed by atoms with E-state index in [4.69, 9.17) is 0 Å². The van der Waals surface area contributed by atoms with E-state index in [2.05, 4.69) is 0 Å². The molecule has 0 aliphatic heterocycles. The Labute approximate surface area is 108 Å². The van der Waals surface area contributed by atoms with E-state index in [9.17, 15) is 23.1 Å². The Morgan fingerprint density at radius 3 is 2.37 bits per heavy atom. The lowest BCUT2D eigenvalue weighted by Crippen LogP contribution is -2.48. The fraction of sp³-hybridized carbons (Fsp3) is 0.500. The van der Waals surface area contributed by atoms with E-state index in [1.165, 1.54) is 12.1 Å². The van der Waals surface area contributed by atoms with Gasteiger partial charge in [-0.2, -0.15) is 13.2 Å². The molecule has 5 heteroatoms. The number of hydrogen-bond donors (Lipinski definition) is 1. The Balaban J connectivity index is 1.93. The van der Waals surface area contributed by atoms with Gasteiger partial charge >= 0.3 is 12.1 Å². The maximum atomic E-state index is 12.5. The first-order chi connectivity index (χ1) is 8.84. The van der Waals surface area contributed by atoms with Crippen LogP contribution in [0.1, 0.15) is 30.4 Å². The molecule has 3 fully saturated rings. The second-order valence-electron chi connectivity index (χ2n) is 5.55. The van der Waals surface area contributed by atoms with Crippen molar-refractivity contribution in [2.75, 3.05) is 0 Å². The summed E-state index contributed by atoms with van der Waals surface area (Å²) >= 11 is 0. The van der Waals surface area contributed by atoms with Gasteiger partial charge in [-0.05, 0) is 42.9 Å². The normalized spacial score (nSPS) is 33.0. The van der Waals surface area contributed by atoms with E-state index in [-0.39, 0.29) is 5.92 Å². The van der Waals surface area contributed by atoms with Gasteiger partial charge in [0, 0.05) is 5.41 Å². The first kappa shape index (κ1) is 12.5. The smallest absolute Gasteiger partial charge is 0.416 e. The number of benzene rings is 1. The van der Waals surface area contributed by atoms with Gasteiger partial charge in [-0.25, -0.2) is 0 Å². The Morgan fingerprint density at radius 1 is 1.26 bits per heavy atom. The Hall–Kier alpha value is -1.52. The molecule has 2 nitrogen and oxygen atoms in total. The summed E-state index contributed by atoms with van der Waals surface area (Å²) < 4.78 is 37.5. The SMILES string of the molecule is O=C(O)[C@@H]1[C@@H]2CC[C@@]1(c1ccc(C(F)(F)F)cc1)C2. The predicted molar refractivity (Wildman–Crippen MR) is 61.6 cm³/mol. The summed E-state index contributed by atoms with van der Waals surface area (Å²) in [6.45, 7) is 0. The molecule has 3 saturated carbocycles. The van der Waals surface area contributed by atoms with E-state index >= 15 is 0 Å². The van der Waals surface area contributed by atoms with Crippen LogP contribution in [0.25, 0.3) is 0 Å². The molecule has 0 radical (unpaired) electrons. The van der Waals surface area contributed by atoms with Crippen molar-refractivity contribution in [3.05, 3.63) is 35.4 Å². The first-order valence-corrected chi connectivity index (χ1v) is 6.25. The van der Waals surface area contributed by atoms with Crippen molar-refractivity contribution in [3.8, 4) is 0 Å². The van der Waals surface area contributed by atoms with Crippen LogP contribution >= 0.6 is 0 Å². The molecule has 3 aliphatic carbocycles. The summed E-state index contributed by atoms with van der Waals surface area (Å²) in [5.41, 5.74) is -0.379. The minimum atomic E-state index is -4.35. The van der Waals surface area contributed by atoms with E-state index < -0.39 is 29.0 Å². The average Bonchev–Trinajstić information content (AvgIpc) is 2.86. The van der Waals surface area contributed by atoms with E-state index in [0.29, 0.717) is 0 Å². The Bertz CT molecular complexity index is 516. The molecule has 0 saturated heterocycles. The molecule has 102 valence electrons. The van der Waals surface area contributed by atoms with Gasteiger partial charge in [0.25, 0.3) is 0 Å². The number of fused-ring (bicyclic) bond motifs is 1. The highest BCUT2D eigenvalue weighted by molar-refractivity contribution is 5.75. The van der Waals surface area contributed by atoms with Gasteiger partial charge in [-0.3, -0.25) is 4.79 Å². The summed E-state index contributed by atoms with van der Waals surface area (Å²) in [4.78, 5) is 11.3. The van der Waals surface area contributed by atoms with E-state index in [0.717, 1.165) is 37.0 Å². The van der Waals surface area contributed by atoms with Crippen LogP contribution in [0.15, 0.2) is 24.3 Å². The standard InChI is InChI=1S/C14H13F3O2/c15-14(16,17)10-3-1-9(2-4-10)13-6-5-8(7-13)11(13)12(18)19/h1-4,8,11H,5-7H2,(H,18,19)/t8-,11+,13+/m1/s1. The Kier molecular flexibility index (Phi) is 2.46. The van der Waals surface area contributed by atoms with Crippen LogP contribution in [0.3, 0.4) is 0 Å². The molecule has 3 aliphatic rings. The van der Waals surface area contributed by atoms with E-state index in [1.54, 1.807) is 0 Å². The van der Waals surface area contributed by atoms with Crippen molar-refractivity contribution >= 4 is 5.97 Å². The lowest BCUT2D eigenvalue weighted by Gasteiger charge is -2.45. The van der Waals surface area contributed by atoms with Crippen molar-refractivity contribution in [1.82, 2.24) is 0 Å². The fourth-order valence-corrected chi connectivity index (χ4v) is 3.84. The number of hydrogen-bond acceptors (Lipinski definition) is 1. The van der Waals surface area contributed by atoms with Crippen LogP contribution in [-0.2, 0) is 16.4 Å². The summed E-state index contributed by atoms with van der Waals surface area (Å²) in [5, 5.41) is 9.24. The monoisotopic (exact) mass is 270 g/mol. The van der Waals surface area contributed by atoms with Crippen molar-refractivity contribution in [1.29, 1.82) is 0 Å². The second-order valence-corrected chi connectivity index (χ2v) is 5.55. The second kappa shape index (κ2) is 3.74. The minimum Gasteiger partial charge on any atom is -0.481 e. The molecule has 1 N–H and O–H groups in total. The van der Waals surface area contributed by atoms with Crippen molar-refractivity contribution in [3.63, 3.8) is 0 Å². The van der Waals surface area contributed by atoms with Crippen molar-refractivity contribution in [2.24, 2.45) is 11.8 Å². The number of carboxylic acids is 1. The summed E-state index contributed by atoms with van der Waals surface area (Å²) in [7, 11) is 0. The largest absolute Gasteiger partial charge is 0.481 e. The van der Waals surface area contributed by atoms with Gasteiger partial charge < -0.3 is 5.11 Å². The lowest BCUT2D eigenvalue weighted by molar-refractivity contribution is -0.150. The highest BCUT2D eigenvalue weighted by atomic mass is 19.4. The molecule has 0 aromatic heterocycles. The van der Waals surface area contributed by atoms with Crippen LogP contribution in [-0.4, -0.2) is 11.1 Å². The quantitative estimate of drug-likeness (QED) is 0.893. The summed E-state index contributed by atoms with van der Waals surface area (Å²) in [5.74, 6) is -1.06. The van der Waals surface area contributed by atoms with Crippen molar-refractivity contribution in [2.45, 2.75) is 30.9 Å². The predicted octanol–water partition coefficient (Wildman–Crippen LogP) is 3.46. The molecule has 1 aromatic rings. The first-order valence-electron chi connectivity index (χ1n) is 6.25. The summed E-state index contributed by atoms with van der Waals surface area (Å²) in [6, 6.07) is 4.99. The van der Waals surface area contributed by atoms with Crippen LogP contribution < -0.4 is 0 Å². The number of rotatable bonds is 2. The molecule has 0 spiro atoms. The van der Waals surface area contributed by atoms with Gasteiger partial charge in [0.2, 0.25) is 0 Å². The topological polar surface area (TPSA) is 37.3 Å². The third-order valence-electron chi connectivity index (χ3n) is 4.71. The van der Waals surface area contributed by atoms with E-state index in [1.807, 2.05) is 0 Å². The van der Waals surface area contributed by atoms with Crippen LogP contribution in [0.4, 0.5) is 13.2 Å². The fourth-order valence-electron chi connectivity index (χ4n) is 3.84. The summed E-state index contributed by atoms with van der Waals surface area (Å²) in [6.07, 6.45) is -1.94. The zero-order valence-electron chi connectivity index (χ0n) is 10.1. The highest BCUT2D eigenvalue weighted by Gasteiger charge is 2.62. The molecular weight excluding hydrogens is 257 g/mol. The molecule has 0 amide bonds. The number of carboxylic acid groups (broad SMARTS) is 1. The number of alkyl halides is 3. The van der Waals surface area contributed by atoms with Gasteiger partial charge in [0.1, 0.15) is 0 Å². The molecular formula is C14H13F3O2. The third-order valence-corrected chi connectivity index (χ3v) is 4.71. The molecule has 0 heterocycles. The van der Waals surface area contributed by atoms with Crippen LogP contribution in [0.2, 0.25) is 0 Å². The molecule has 1 aromatic carbocycles. The van der Waals surface area contributed by atoms with Crippen LogP contribution in [0, 0.1) is 11.8 Å². The molecule has 4 rings (SSSR count). The third kappa shape index (κ3) is 1.67. The zero-order chi connectivity index (χ0) is 13.8. The number of carbonyl (C=O) groups is 1. The zero-order valence-corrected chi connectivity index (χ0v) is 10.1. The van der Waals surface area contributed by atoms with Gasteiger partial charge in [0.05, 0.1) is 11.5 Å². The van der Waals surface area contributed by atoms with Gasteiger partial charge in [-0.15, -0.1) is 0 Å². The molecule has 19 heavy (non-hydrogen) atoms. The maximum Gasteiger partial charge on any atom is 0.416 e. The molecule has 0 unspecified atom stereocenters. The minimum absolute atomic E-state index is 0.194. The number of halogens is 3. The Morgan fingerprint density at radius 2 is 1.89 bits per heavy atom. The highest BCUT2D eigenvalue weighted by Crippen LogP contribution is 2.64. The van der Waals surface area contributed by atoms with Gasteiger partial charge in [-0.1, -0.05) is 12.1 Å². The lowest BCUT2D eigenvalue weighted by atomic mass is 9.57. The molecule has 2 bridgehead atoms. The van der Waals surface area contributed by atoms with Crippen molar-refractivity contribution < 1.29 is 23.1 Å². The molecule has 3 atom stereocenters. The maximum absolute atomic E-state index is 12.5. The van der Waals surface area contributed by atoms with Crippen LogP contribution in [0.5, 0.6) is 0 Å². The number of aliphatic carboxylic acids is 1. The van der Waals surface area contributed by atoms with Gasteiger partial charge in [0.15, 0.2) is 0 Å². The average molecular weight is 270 g/mol.